The fraction of sp³-hybridized carbons (Fsp3) is 0.667. The van der Waals surface area contributed by atoms with Gasteiger partial charge in [-0.3, -0.25) is 0 Å². The highest BCUT2D eigenvalue weighted by Crippen LogP contribution is 1.85. The molecule has 0 amide bonds. The number of nitrogens with two attached hydrogens (primary N) is 1. The maximum absolute atomic E-state index is 10.2. The van der Waals surface area contributed by atoms with Crippen LogP contribution in [0.2, 0.25) is 0 Å². The van der Waals surface area contributed by atoms with Crippen LogP contribution in [0.15, 0.2) is 0 Å². The second-order valence-corrected chi connectivity index (χ2v) is 3.26. The molecule has 3 nitrogen and oxygen atoms in total. The van der Waals surface area contributed by atoms with Gasteiger partial charge < -0.3 is 5.73 Å². The average Bonchev–Trinajstić information content (AvgIpc) is 1.68. The van der Waals surface area contributed by atoms with Gasteiger partial charge in [0.15, 0.2) is 9.84 Å². The van der Waals surface area contributed by atoms with Gasteiger partial charge in [-0.15, -0.1) is 0 Å². The zero-order valence-electron chi connectivity index (χ0n) is 4.09. The number of rotatable bonds is 2. The second kappa shape index (κ2) is 2.28. The first-order chi connectivity index (χ1) is 3.12. The molecule has 0 saturated carbocycles. The van der Waals surface area contributed by atoms with E-state index in [1.54, 1.807) is 6.92 Å². The Morgan fingerprint density at radius 3 is 2.14 bits per heavy atom. The fourth-order valence-electron chi connectivity index (χ4n) is 0.0962. The zero-order chi connectivity index (χ0) is 5.91. The second-order valence-electron chi connectivity index (χ2n) is 1.09. The average molecular weight is 122 g/mol. The van der Waals surface area contributed by atoms with E-state index < -0.39 is 9.84 Å². The molecule has 0 atom stereocenters. The van der Waals surface area contributed by atoms with E-state index in [0.29, 0.717) is 5.88 Å². The zero-order valence-corrected chi connectivity index (χ0v) is 4.90. The van der Waals surface area contributed by atoms with Crippen LogP contribution in [0.3, 0.4) is 0 Å². The molecule has 7 heavy (non-hydrogen) atoms. The van der Waals surface area contributed by atoms with Crippen LogP contribution < -0.4 is 5.73 Å². The lowest BCUT2D eigenvalue weighted by molar-refractivity contribution is 0.602. The quantitative estimate of drug-likeness (QED) is 0.537. The summed E-state index contributed by atoms with van der Waals surface area (Å²) in [6, 6.07) is 0. The Bertz CT molecular complexity index is 116. The predicted molar refractivity (Wildman–Crippen MR) is 27.9 cm³/mol. The molecule has 2 N–H and O–H groups in total. The van der Waals surface area contributed by atoms with Crippen LogP contribution in [0.1, 0.15) is 6.92 Å². The first kappa shape index (κ1) is 6.91. The molecule has 0 fully saturated rings. The lowest BCUT2D eigenvalue weighted by Gasteiger charge is -1.88. The van der Waals surface area contributed by atoms with E-state index in [4.69, 9.17) is 5.73 Å². The van der Waals surface area contributed by atoms with Gasteiger partial charge in [0.2, 0.25) is 0 Å². The first-order valence-electron chi connectivity index (χ1n) is 1.90. The van der Waals surface area contributed by atoms with Gasteiger partial charge in [-0.1, -0.05) is 6.92 Å². The minimum absolute atomic E-state index is 0.0868. The van der Waals surface area contributed by atoms with Crippen molar-refractivity contribution < 1.29 is 8.42 Å². The summed E-state index contributed by atoms with van der Waals surface area (Å²) in [5, 5.41) is 0. The molecule has 0 aliphatic rings. The summed E-state index contributed by atoms with van der Waals surface area (Å²) in [6.45, 7) is 1.54. The van der Waals surface area contributed by atoms with E-state index >= 15 is 0 Å². The van der Waals surface area contributed by atoms with Crippen LogP contribution in [0.5, 0.6) is 0 Å². The molecule has 0 spiro atoms. The van der Waals surface area contributed by atoms with Crippen molar-refractivity contribution in [1.29, 1.82) is 0 Å². The van der Waals surface area contributed by atoms with E-state index in [1.807, 2.05) is 0 Å². The molecule has 0 bridgehead atoms. The third-order valence-electron chi connectivity index (χ3n) is 0.610. The monoisotopic (exact) mass is 122 g/mol. The SMILES string of the molecule is CCS(=O)(=O)[CH]N. The molecule has 0 aliphatic heterocycles. The molecule has 0 rings (SSSR count). The van der Waals surface area contributed by atoms with Gasteiger partial charge >= 0.3 is 0 Å². The molecule has 1 radical (unpaired) electrons. The van der Waals surface area contributed by atoms with Crippen LogP contribution in [0.25, 0.3) is 0 Å². The summed E-state index contributed by atoms with van der Waals surface area (Å²) in [5.41, 5.74) is 4.70. The molecule has 0 unspecified atom stereocenters. The van der Waals surface area contributed by atoms with Crippen LogP contribution >= 0.6 is 0 Å². The lowest BCUT2D eigenvalue weighted by atomic mass is 11.0. The van der Waals surface area contributed by atoms with E-state index in [0.717, 1.165) is 0 Å². The minimum atomic E-state index is -3.00. The molecule has 0 aliphatic carbocycles. The standard InChI is InChI=1S/C3H8NO2S/c1-2-7(5,6)3-4/h3H,2,4H2,1H3. The Labute approximate surface area is 43.4 Å². The highest BCUT2D eigenvalue weighted by atomic mass is 32.2. The van der Waals surface area contributed by atoms with E-state index in [9.17, 15) is 8.42 Å². The molecule has 4 heteroatoms. The van der Waals surface area contributed by atoms with Crippen molar-refractivity contribution in [3.8, 4) is 0 Å². The van der Waals surface area contributed by atoms with Crippen molar-refractivity contribution in [2.24, 2.45) is 5.73 Å². The highest BCUT2D eigenvalue weighted by Gasteiger charge is 2.00. The van der Waals surface area contributed by atoms with Crippen molar-refractivity contribution >= 4 is 9.84 Å². The number of hydrogen-bond donors (Lipinski definition) is 1. The maximum Gasteiger partial charge on any atom is 0.168 e. The molecule has 0 saturated heterocycles. The fourth-order valence-corrected chi connectivity index (χ4v) is 0.289. The summed E-state index contributed by atoms with van der Waals surface area (Å²) in [7, 11) is -3.00. The first-order valence-corrected chi connectivity index (χ1v) is 3.61. The van der Waals surface area contributed by atoms with Gasteiger partial charge in [0, 0.05) is 5.75 Å². The Morgan fingerprint density at radius 1 is 1.71 bits per heavy atom. The molecule has 0 heterocycles. The summed E-state index contributed by atoms with van der Waals surface area (Å²) in [5.74, 6) is 0.802. The summed E-state index contributed by atoms with van der Waals surface area (Å²) < 4.78 is 20.4. The van der Waals surface area contributed by atoms with E-state index in [2.05, 4.69) is 0 Å². The molecular weight excluding hydrogens is 114 g/mol. The van der Waals surface area contributed by atoms with Crippen molar-refractivity contribution in [3.63, 3.8) is 0 Å². The maximum atomic E-state index is 10.2. The van der Waals surface area contributed by atoms with Crippen LogP contribution in [-0.4, -0.2) is 14.2 Å². The molecular formula is C3H8NO2S. The number of hydrogen-bond acceptors (Lipinski definition) is 3. The van der Waals surface area contributed by atoms with Crippen molar-refractivity contribution in [2.75, 3.05) is 5.75 Å². The molecule has 0 aromatic heterocycles. The lowest BCUT2D eigenvalue weighted by Crippen LogP contribution is -2.08. The Kier molecular flexibility index (Phi) is 2.25. The number of sulfone groups is 1. The normalized spacial score (nSPS) is 11.7. The van der Waals surface area contributed by atoms with E-state index in [-0.39, 0.29) is 5.75 Å². The van der Waals surface area contributed by atoms with E-state index in [1.165, 1.54) is 0 Å². The van der Waals surface area contributed by atoms with Crippen molar-refractivity contribution in [1.82, 2.24) is 0 Å². The third kappa shape index (κ3) is 2.59. The van der Waals surface area contributed by atoms with Crippen LogP contribution in [0.4, 0.5) is 0 Å². The Hall–Kier alpha value is -0.0900. The largest absolute Gasteiger partial charge is 0.313 e. The predicted octanol–water partition coefficient (Wildman–Crippen LogP) is -0.501. The summed E-state index contributed by atoms with van der Waals surface area (Å²) in [4.78, 5) is 0. The van der Waals surface area contributed by atoms with Crippen molar-refractivity contribution in [2.45, 2.75) is 6.92 Å². The minimum Gasteiger partial charge on any atom is -0.313 e. The third-order valence-corrected chi connectivity index (χ3v) is 1.83. The van der Waals surface area contributed by atoms with Gasteiger partial charge in [-0.25, -0.2) is 8.42 Å². The Balaban J connectivity index is 3.89. The molecule has 0 aromatic rings. The van der Waals surface area contributed by atoms with Gasteiger partial charge in [0.05, 0.1) is 0 Å². The van der Waals surface area contributed by atoms with Crippen molar-refractivity contribution in [3.05, 3.63) is 5.88 Å². The molecule has 43 valence electrons. The highest BCUT2D eigenvalue weighted by molar-refractivity contribution is 7.93. The van der Waals surface area contributed by atoms with Gasteiger partial charge in [0.1, 0.15) is 5.88 Å². The smallest absolute Gasteiger partial charge is 0.168 e. The van der Waals surface area contributed by atoms with Crippen LogP contribution in [-0.2, 0) is 9.84 Å². The summed E-state index contributed by atoms with van der Waals surface area (Å²) >= 11 is 0. The topological polar surface area (TPSA) is 60.2 Å². The van der Waals surface area contributed by atoms with Crippen LogP contribution in [0, 0.1) is 5.88 Å². The summed E-state index contributed by atoms with van der Waals surface area (Å²) in [6.07, 6.45) is 0. The Morgan fingerprint density at radius 2 is 2.14 bits per heavy atom. The van der Waals surface area contributed by atoms with Gasteiger partial charge in [-0.05, 0) is 0 Å². The van der Waals surface area contributed by atoms with Gasteiger partial charge in [-0.2, -0.15) is 0 Å². The molecule has 0 aromatic carbocycles. The van der Waals surface area contributed by atoms with Gasteiger partial charge in [0.25, 0.3) is 0 Å².